The third-order valence-corrected chi connectivity index (χ3v) is 6.35. The summed E-state index contributed by atoms with van der Waals surface area (Å²) in [6, 6.07) is 11.8. The number of aliphatic imine (C=N–C) groups is 1. The van der Waals surface area contributed by atoms with Gasteiger partial charge in [-0.25, -0.2) is 4.99 Å². The lowest BCUT2D eigenvalue weighted by atomic mass is 9.77. The lowest BCUT2D eigenvalue weighted by molar-refractivity contribution is 0.0125. The average molecular weight is 413 g/mol. The molecule has 0 amide bonds. The molecule has 0 bridgehead atoms. The van der Waals surface area contributed by atoms with E-state index in [-0.39, 0.29) is 17.2 Å². The van der Waals surface area contributed by atoms with E-state index in [0.717, 1.165) is 39.8 Å². The molecular formula is C23H28N2O3S. The Balaban J connectivity index is 1.92. The van der Waals surface area contributed by atoms with Crippen molar-refractivity contribution >= 4 is 16.9 Å². The number of ether oxygens (including phenoxy) is 2. The first-order chi connectivity index (χ1) is 13.8. The highest BCUT2D eigenvalue weighted by atomic mass is 32.2. The largest absolute Gasteiger partial charge is 0.508 e. The Labute approximate surface area is 176 Å². The van der Waals surface area contributed by atoms with Gasteiger partial charge in [0.2, 0.25) is 5.72 Å². The van der Waals surface area contributed by atoms with Crippen LogP contribution in [0.15, 0.2) is 41.4 Å². The van der Waals surface area contributed by atoms with Crippen LogP contribution >= 0.6 is 11.8 Å². The Morgan fingerprint density at radius 1 is 1.21 bits per heavy atom. The number of benzene rings is 2. The molecule has 2 heterocycles. The summed E-state index contributed by atoms with van der Waals surface area (Å²) in [5.41, 5.74) is 2.06. The monoisotopic (exact) mass is 412 g/mol. The van der Waals surface area contributed by atoms with Crippen molar-refractivity contribution in [1.82, 2.24) is 5.32 Å². The second kappa shape index (κ2) is 7.17. The molecule has 2 unspecified atom stereocenters. The first-order valence-corrected chi connectivity index (χ1v) is 11.1. The third-order valence-electron chi connectivity index (χ3n) is 5.77. The highest BCUT2D eigenvalue weighted by molar-refractivity contribution is 8.13. The predicted octanol–water partition coefficient (Wildman–Crippen LogP) is 4.81. The summed E-state index contributed by atoms with van der Waals surface area (Å²) >= 11 is 1.59. The highest BCUT2D eigenvalue weighted by Crippen LogP contribution is 2.52. The molecule has 2 aromatic rings. The van der Waals surface area contributed by atoms with Crippen LogP contribution in [0.5, 0.6) is 17.2 Å². The van der Waals surface area contributed by atoms with E-state index < -0.39 is 5.72 Å². The Morgan fingerprint density at radius 3 is 2.69 bits per heavy atom. The standard InChI is InChI=1S/C23H28N2O3S/c1-14-18(26)11-10-16-17(15-8-6-7-9-19(15)27-4)12-23(28-20(14)16)13-22(2,3)24-21(25-23)29-5/h6-11,17,26H,12-13H2,1-5H3,(H,24,25). The van der Waals surface area contributed by atoms with Crippen molar-refractivity contribution in [1.29, 1.82) is 0 Å². The molecule has 1 spiro atoms. The van der Waals surface area contributed by atoms with Gasteiger partial charge in [0.15, 0.2) is 5.17 Å². The van der Waals surface area contributed by atoms with Gasteiger partial charge >= 0.3 is 0 Å². The van der Waals surface area contributed by atoms with Crippen molar-refractivity contribution in [3.63, 3.8) is 0 Å². The third kappa shape index (κ3) is 3.54. The van der Waals surface area contributed by atoms with Crippen LogP contribution in [0.1, 0.15) is 49.3 Å². The van der Waals surface area contributed by atoms with Crippen LogP contribution in [-0.4, -0.2) is 34.9 Å². The maximum absolute atomic E-state index is 10.4. The summed E-state index contributed by atoms with van der Waals surface area (Å²) in [6.07, 6.45) is 3.45. The molecule has 0 radical (unpaired) electrons. The summed E-state index contributed by atoms with van der Waals surface area (Å²) in [5.74, 6) is 1.87. The van der Waals surface area contributed by atoms with E-state index >= 15 is 0 Å². The van der Waals surface area contributed by atoms with Crippen LogP contribution < -0.4 is 14.8 Å². The van der Waals surface area contributed by atoms with Crippen molar-refractivity contribution < 1.29 is 14.6 Å². The van der Waals surface area contributed by atoms with Crippen molar-refractivity contribution in [3.8, 4) is 17.2 Å². The maximum atomic E-state index is 10.4. The molecule has 0 aromatic heterocycles. The minimum absolute atomic E-state index is 0.0509. The van der Waals surface area contributed by atoms with Gasteiger partial charge in [0, 0.05) is 41.0 Å². The van der Waals surface area contributed by atoms with Crippen LogP contribution in [-0.2, 0) is 0 Å². The van der Waals surface area contributed by atoms with Gasteiger partial charge in [-0.3, -0.25) is 0 Å². The van der Waals surface area contributed by atoms with Crippen LogP contribution in [0.3, 0.4) is 0 Å². The highest BCUT2D eigenvalue weighted by Gasteiger charge is 2.49. The van der Waals surface area contributed by atoms with E-state index in [9.17, 15) is 5.11 Å². The fraction of sp³-hybridized carbons (Fsp3) is 0.435. The molecule has 5 nitrogen and oxygen atoms in total. The number of hydrogen-bond acceptors (Lipinski definition) is 6. The topological polar surface area (TPSA) is 63.1 Å². The number of amidine groups is 1. The van der Waals surface area contributed by atoms with E-state index in [1.54, 1.807) is 24.9 Å². The molecule has 0 saturated heterocycles. The number of fused-ring (bicyclic) bond motifs is 1. The number of aromatic hydroxyl groups is 1. The first-order valence-electron chi connectivity index (χ1n) is 9.84. The number of rotatable bonds is 2. The van der Waals surface area contributed by atoms with Crippen LogP contribution in [0.4, 0.5) is 0 Å². The molecule has 2 atom stereocenters. The normalized spacial score (nSPS) is 24.9. The molecule has 0 saturated carbocycles. The number of phenolic OH excluding ortho intramolecular Hbond substituents is 1. The Hall–Kier alpha value is -2.34. The summed E-state index contributed by atoms with van der Waals surface area (Å²) in [6.45, 7) is 6.25. The van der Waals surface area contributed by atoms with Crippen molar-refractivity contribution in [2.75, 3.05) is 13.4 Å². The molecule has 2 aromatic carbocycles. The van der Waals surface area contributed by atoms with Gasteiger partial charge in [-0.05, 0) is 39.2 Å². The molecule has 2 aliphatic rings. The molecule has 2 N–H and O–H groups in total. The minimum Gasteiger partial charge on any atom is -0.508 e. The number of phenols is 1. The number of thioether (sulfide) groups is 1. The summed E-state index contributed by atoms with van der Waals surface area (Å²) in [7, 11) is 1.70. The maximum Gasteiger partial charge on any atom is 0.206 e. The quantitative estimate of drug-likeness (QED) is 0.741. The van der Waals surface area contributed by atoms with Gasteiger partial charge in [0.25, 0.3) is 0 Å². The SMILES string of the molecule is COc1ccccc1C1CC2(CC(C)(C)NC(SC)=N2)Oc2c1ccc(O)c2C. The number of methoxy groups -OCH3 is 1. The second-order valence-electron chi connectivity index (χ2n) is 8.48. The molecule has 154 valence electrons. The molecule has 0 aliphatic carbocycles. The molecule has 29 heavy (non-hydrogen) atoms. The molecule has 4 rings (SSSR count). The van der Waals surface area contributed by atoms with E-state index in [0.29, 0.717) is 6.42 Å². The van der Waals surface area contributed by atoms with Crippen molar-refractivity contribution in [3.05, 3.63) is 53.1 Å². The number of nitrogens with one attached hydrogen (secondary N) is 1. The zero-order valence-electron chi connectivity index (χ0n) is 17.6. The fourth-order valence-electron chi connectivity index (χ4n) is 4.55. The number of hydrogen-bond donors (Lipinski definition) is 2. The smallest absolute Gasteiger partial charge is 0.206 e. The molecule has 6 heteroatoms. The number of nitrogens with zero attached hydrogens (tertiary/aromatic N) is 1. The van der Waals surface area contributed by atoms with Crippen LogP contribution in [0.25, 0.3) is 0 Å². The molecular weight excluding hydrogens is 384 g/mol. The zero-order chi connectivity index (χ0) is 20.8. The molecule has 2 aliphatic heterocycles. The van der Waals surface area contributed by atoms with Gasteiger partial charge in [-0.2, -0.15) is 0 Å². The van der Waals surface area contributed by atoms with Gasteiger partial charge < -0.3 is 19.9 Å². The zero-order valence-corrected chi connectivity index (χ0v) is 18.4. The second-order valence-corrected chi connectivity index (χ2v) is 9.28. The van der Waals surface area contributed by atoms with E-state index in [4.69, 9.17) is 14.5 Å². The first kappa shape index (κ1) is 20.0. The summed E-state index contributed by atoms with van der Waals surface area (Å²) in [5, 5.41) is 14.7. The predicted molar refractivity (Wildman–Crippen MR) is 118 cm³/mol. The minimum atomic E-state index is -0.704. The van der Waals surface area contributed by atoms with E-state index in [1.807, 2.05) is 37.4 Å². The van der Waals surface area contributed by atoms with Crippen molar-refractivity contribution in [2.24, 2.45) is 4.99 Å². The Morgan fingerprint density at radius 2 is 1.97 bits per heavy atom. The lowest BCUT2D eigenvalue weighted by Crippen LogP contribution is -2.57. The van der Waals surface area contributed by atoms with Gasteiger partial charge in [0.05, 0.1) is 7.11 Å². The van der Waals surface area contributed by atoms with Gasteiger partial charge in [0.1, 0.15) is 17.2 Å². The summed E-state index contributed by atoms with van der Waals surface area (Å²) in [4.78, 5) is 5.01. The average Bonchev–Trinajstić information content (AvgIpc) is 2.69. The van der Waals surface area contributed by atoms with E-state index in [2.05, 4.69) is 25.2 Å². The molecule has 0 fully saturated rings. The van der Waals surface area contributed by atoms with Gasteiger partial charge in [-0.15, -0.1) is 0 Å². The van der Waals surface area contributed by atoms with Crippen molar-refractivity contribution in [2.45, 2.75) is 50.8 Å². The summed E-state index contributed by atoms with van der Waals surface area (Å²) < 4.78 is 12.3. The Bertz CT molecular complexity index is 973. The van der Waals surface area contributed by atoms with Gasteiger partial charge in [-0.1, -0.05) is 36.0 Å². The fourth-order valence-corrected chi connectivity index (χ4v) is 5.19. The Kier molecular flexibility index (Phi) is 4.93. The lowest BCUT2D eigenvalue weighted by Gasteiger charge is -2.47. The van der Waals surface area contributed by atoms with Crippen LogP contribution in [0, 0.1) is 6.92 Å². The number of para-hydroxylation sites is 1. The van der Waals surface area contributed by atoms with Crippen LogP contribution in [0.2, 0.25) is 0 Å². The van der Waals surface area contributed by atoms with E-state index in [1.165, 1.54) is 0 Å².